The van der Waals surface area contributed by atoms with Crippen molar-refractivity contribution >= 4 is 39.2 Å². The van der Waals surface area contributed by atoms with Crippen molar-refractivity contribution in [3.63, 3.8) is 0 Å². The molecule has 174 valence electrons. The van der Waals surface area contributed by atoms with Gasteiger partial charge in [-0.25, -0.2) is 9.59 Å². The molecule has 34 heavy (non-hydrogen) atoms. The predicted octanol–water partition coefficient (Wildman–Crippen LogP) is 5.25. The molecule has 0 fully saturated rings. The molecule has 0 aliphatic rings. The molecule has 4 rings (SSSR count). The molecule has 0 bridgehead atoms. The standard InChI is InChI=1S/C26H23NO6S/c1-14-5-6-17(9-15(14)2)20-13-34-25(24(20)26(30)31-4)27-22(28)12-32-18-7-8-19-16(3)10-23(29)33-21(19)11-18/h5-11,13H,12H2,1-4H3,(H,27,28). The Bertz CT molecular complexity index is 1470. The van der Waals surface area contributed by atoms with E-state index in [0.29, 0.717) is 27.5 Å². The van der Waals surface area contributed by atoms with E-state index < -0.39 is 17.5 Å². The molecule has 0 saturated heterocycles. The highest BCUT2D eigenvalue weighted by atomic mass is 32.1. The molecule has 2 heterocycles. The summed E-state index contributed by atoms with van der Waals surface area (Å²) in [6, 6.07) is 12.4. The van der Waals surface area contributed by atoms with Crippen LogP contribution in [-0.4, -0.2) is 25.6 Å². The number of anilines is 1. The Morgan fingerprint density at radius 3 is 2.53 bits per heavy atom. The molecule has 2 aromatic carbocycles. The van der Waals surface area contributed by atoms with Gasteiger partial charge < -0.3 is 19.2 Å². The Morgan fingerprint density at radius 1 is 1.00 bits per heavy atom. The Morgan fingerprint density at radius 2 is 1.79 bits per heavy atom. The first-order valence-corrected chi connectivity index (χ1v) is 11.4. The summed E-state index contributed by atoms with van der Waals surface area (Å²) >= 11 is 1.24. The summed E-state index contributed by atoms with van der Waals surface area (Å²) < 4.78 is 15.8. The minimum Gasteiger partial charge on any atom is -0.484 e. The molecule has 0 unspecified atom stereocenters. The first-order chi connectivity index (χ1) is 16.3. The van der Waals surface area contributed by atoms with E-state index in [-0.39, 0.29) is 6.61 Å². The number of rotatable bonds is 6. The number of ether oxygens (including phenoxy) is 2. The molecule has 0 aliphatic heterocycles. The summed E-state index contributed by atoms with van der Waals surface area (Å²) in [4.78, 5) is 36.8. The molecule has 7 nitrogen and oxygen atoms in total. The van der Waals surface area contributed by atoms with Gasteiger partial charge in [-0.05, 0) is 55.2 Å². The second-order valence-corrected chi connectivity index (χ2v) is 8.77. The van der Waals surface area contributed by atoms with Gasteiger partial charge in [0.15, 0.2) is 6.61 Å². The fourth-order valence-electron chi connectivity index (χ4n) is 3.58. The van der Waals surface area contributed by atoms with E-state index in [2.05, 4.69) is 5.32 Å². The fraction of sp³-hybridized carbons (Fsp3) is 0.192. The van der Waals surface area contributed by atoms with Crippen LogP contribution in [0.3, 0.4) is 0 Å². The third-order valence-corrected chi connectivity index (χ3v) is 6.44. The third-order valence-electron chi connectivity index (χ3n) is 5.54. The van der Waals surface area contributed by atoms with Gasteiger partial charge in [-0.3, -0.25) is 4.79 Å². The van der Waals surface area contributed by atoms with Crippen molar-refractivity contribution in [1.82, 2.24) is 0 Å². The first-order valence-electron chi connectivity index (χ1n) is 10.5. The molecule has 0 spiro atoms. The maximum Gasteiger partial charge on any atom is 0.341 e. The highest BCUT2D eigenvalue weighted by Crippen LogP contribution is 2.37. The van der Waals surface area contributed by atoms with E-state index in [1.807, 2.05) is 44.4 Å². The Labute approximate surface area is 199 Å². The number of carbonyl (C=O) groups is 2. The van der Waals surface area contributed by atoms with Crippen LogP contribution < -0.4 is 15.7 Å². The first kappa shape index (κ1) is 23.3. The summed E-state index contributed by atoms with van der Waals surface area (Å²) in [5, 5.41) is 5.74. The van der Waals surface area contributed by atoms with Crippen LogP contribution in [0.25, 0.3) is 22.1 Å². The maximum atomic E-state index is 12.6. The van der Waals surface area contributed by atoms with Crippen molar-refractivity contribution in [3.8, 4) is 16.9 Å². The van der Waals surface area contributed by atoms with Crippen LogP contribution in [0.1, 0.15) is 27.0 Å². The third kappa shape index (κ3) is 4.72. The molecule has 2 aromatic heterocycles. The van der Waals surface area contributed by atoms with Gasteiger partial charge in [-0.2, -0.15) is 0 Å². The minimum absolute atomic E-state index is 0.293. The van der Waals surface area contributed by atoms with Crippen LogP contribution in [0.4, 0.5) is 5.00 Å². The molecule has 4 aromatic rings. The minimum atomic E-state index is -0.536. The number of methoxy groups -OCH3 is 1. The Hall–Kier alpha value is -3.91. The lowest BCUT2D eigenvalue weighted by Gasteiger charge is -2.10. The molecule has 8 heteroatoms. The summed E-state index contributed by atoms with van der Waals surface area (Å²) in [7, 11) is 1.30. The van der Waals surface area contributed by atoms with E-state index in [1.165, 1.54) is 24.5 Å². The van der Waals surface area contributed by atoms with Crippen molar-refractivity contribution in [2.75, 3.05) is 19.0 Å². The second-order valence-electron chi connectivity index (χ2n) is 7.89. The fourth-order valence-corrected chi connectivity index (χ4v) is 4.56. The lowest BCUT2D eigenvalue weighted by molar-refractivity contribution is -0.118. The summed E-state index contributed by atoms with van der Waals surface area (Å²) in [5.74, 6) is -0.596. The number of fused-ring (bicyclic) bond motifs is 1. The van der Waals surface area contributed by atoms with E-state index in [0.717, 1.165) is 27.6 Å². The second kappa shape index (κ2) is 9.52. The number of nitrogens with one attached hydrogen (secondary N) is 1. The number of esters is 1. The number of hydrogen-bond acceptors (Lipinski definition) is 7. The van der Waals surface area contributed by atoms with Gasteiger partial charge in [0.05, 0.1) is 7.11 Å². The van der Waals surface area contributed by atoms with Gasteiger partial charge in [0.1, 0.15) is 21.9 Å². The number of amides is 1. The molecular formula is C26H23NO6S. The normalized spacial score (nSPS) is 10.8. The van der Waals surface area contributed by atoms with Crippen LogP contribution in [-0.2, 0) is 9.53 Å². The number of hydrogen-bond donors (Lipinski definition) is 1. The zero-order valence-electron chi connectivity index (χ0n) is 19.2. The quantitative estimate of drug-likeness (QED) is 0.301. The van der Waals surface area contributed by atoms with Gasteiger partial charge in [-0.15, -0.1) is 11.3 Å². The molecule has 1 amide bonds. The van der Waals surface area contributed by atoms with Gasteiger partial charge in [0.2, 0.25) is 0 Å². The van der Waals surface area contributed by atoms with E-state index >= 15 is 0 Å². The smallest absolute Gasteiger partial charge is 0.341 e. The van der Waals surface area contributed by atoms with Crippen LogP contribution >= 0.6 is 11.3 Å². The topological polar surface area (TPSA) is 94.8 Å². The highest BCUT2D eigenvalue weighted by Gasteiger charge is 2.22. The van der Waals surface area contributed by atoms with Crippen LogP contribution in [0.15, 0.2) is 57.1 Å². The van der Waals surface area contributed by atoms with Crippen molar-refractivity contribution < 1.29 is 23.5 Å². The van der Waals surface area contributed by atoms with Crippen molar-refractivity contribution in [1.29, 1.82) is 0 Å². The summed E-state index contributed by atoms with van der Waals surface area (Å²) in [5.41, 5.74) is 4.82. The summed E-state index contributed by atoms with van der Waals surface area (Å²) in [6.45, 7) is 5.55. The van der Waals surface area contributed by atoms with Gasteiger partial charge in [0.25, 0.3) is 5.91 Å². The molecule has 0 saturated carbocycles. The zero-order chi connectivity index (χ0) is 24.4. The summed E-state index contributed by atoms with van der Waals surface area (Å²) in [6.07, 6.45) is 0. The zero-order valence-corrected chi connectivity index (χ0v) is 20.0. The predicted molar refractivity (Wildman–Crippen MR) is 132 cm³/mol. The van der Waals surface area contributed by atoms with E-state index in [4.69, 9.17) is 13.9 Å². The lowest BCUT2D eigenvalue weighted by atomic mass is 9.99. The van der Waals surface area contributed by atoms with Gasteiger partial charge >= 0.3 is 11.6 Å². The molecule has 0 aliphatic carbocycles. The van der Waals surface area contributed by atoms with Crippen LogP contribution in [0.2, 0.25) is 0 Å². The van der Waals surface area contributed by atoms with Gasteiger partial charge in [-0.1, -0.05) is 18.2 Å². The number of carbonyl (C=O) groups excluding carboxylic acids is 2. The van der Waals surface area contributed by atoms with E-state index in [9.17, 15) is 14.4 Å². The Kier molecular flexibility index (Phi) is 6.51. The number of thiophene rings is 1. The van der Waals surface area contributed by atoms with Crippen molar-refractivity contribution in [2.24, 2.45) is 0 Å². The Balaban J connectivity index is 1.53. The van der Waals surface area contributed by atoms with E-state index in [1.54, 1.807) is 18.2 Å². The largest absolute Gasteiger partial charge is 0.484 e. The number of aryl methyl sites for hydroxylation is 3. The highest BCUT2D eigenvalue weighted by molar-refractivity contribution is 7.15. The average Bonchev–Trinajstić information content (AvgIpc) is 3.22. The van der Waals surface area contributed by atoms with Crippen LogP contribution in [0, 0.1) is 20.8 Å². The van der Waals surface area contributed by atoms with Crippen molar-refractivity contribution in [2.45, 2.75) is 20.8 Å². The van der Waals surface area contributed by atoms with Crippen LogP contribution in [0.5, 0.6) is 5.75 Å². The molecule has 0 radical (unpaired) electrons. The lowest BCUT2D eigenvalue weighted by Crippen LogP contribution is -2.21. The molecular weight excluding hydrogens is 454 g/mol. The van der Waals surface area contributed by atoms with Gasteiger partial charge in [0, 0.05) is 28.5 Å². The molecule has 0 atom stereocenters. The monoisotopic (exact) mass is 477 g/mol. The number of benzene rings is 2. The average molecular weight is 478 g/mol. The molecule has 1 N–H and O–H groups in total. The van der Waals surface area contributed by atoms with Crippen molar-refractivity contribution in [3.05, 3.63) is 80.5 Å². The maximum absolute atomic E-state index is 12.6. The SMILES string of the molecule is COC(=O)c1c(-c2ccc(C)c(C)c2)csc1NC(=O)COc1ccc2c(C)cc(=O)oc2c1.